The van der Waals surface area contributed by atoms with Gasteiger partial charge in [0.1, 0.15) is 5.69 Å². The standard InChI is InChI=1S/C17H14F2N4O/c1-2-23-16(17(24)21-12-5-7-20-8-6-12)10-15(22-23)11-3-4-13(18)14(19)9-11/h3-10H,2H2,1H3,(H,20,21,24). The Balaban J connectivity index is 1.92. The van der Waals surface area contributed by atoms with E-state index in [1.165, 1.54) is 10.7 Å². The first-order chi connectivity index (χ1) is 11.6. The number of amides is 1. The number of carbonyl (C=O) groups excluding carboxylic acids is 1. The van der Waals surface area contributed by atoms with Crippen LogP contribution in [-0.4, -0.2) is 20.7 Å². The van der Waals surface area contributed by atoms with E-state index < -0.39 is 11.6 Å². The smallest absolute Gasteiger partial charge is 0.273 e. The van der Waals surface area contributed by atoms with E-state index in [4.69, 9.17) is 0 Å². The van der Waals surface area contributed by atoms with Crippen molar-refractivity contribution in [3.8, 4) is 11.3 Å². The Kier molecular flexibility index (Phi) is 4.33. The summed E-state index contributed by atoms with van der Waals surface area (Å²) in [5.41, 5.74) is 1.73. The highest BCUT2D eigenvalue weighted by Gasteiger charge is 2.16. The molecule has 0 bridgehead atoms. The molecule has 0 radical (unpaired) electrons. The quantitative estimate of drug-likeness (QED) is 0.797. The Morgan fingerprint density at radius 1 is 1.12 bits per heavy atom. The Labute approximate surface area is 137 Å². The monoisotopic (exact) mass is 328 g/mol. The fraction of sp³-hybridized carbons (Fsp3) is 0.118. The molecule has 5 nitrogen and oxygen atoms in total. The maximum atomic E-state index is 13.4. The van der Waals surface area contributed by atoms with Crippen molar-refractivity contribution in [2.75, 3.05) is 5.32 Å². The maximum Gasteiger partial charge on any atom is 0.273 e. The SMILES string of the molecule is CCn1nc(-c2ccc(F)c(F)c2)cc1C(=O)Nc1ccncc1. The van der Waals surface area contributed by atoms with Gasteiger partial charge < -0.3 is 5.32 Å². The fourth-order valence-electron chi connectivity index (χ4n) is 2.27. The van der Waals surface area contributed by atoms with Crippen LogP contribution in [0.5, 0.6) is 0 Å². The topological polar surface area (TPSA) is 59.8 Å². The number of hydrogen-bond acceptors (Lipinski definition) is 3. The Bertz CT molecular complexity index is 878. The van der Waals surface area contributed by atoms with Gasteiger partial charge in [-0.2, -0.15) is 5.10 Å². The third-order valence-corrected chi connectivity index (χ3v) is 3.47. The van der Waals surface area contributed by atoms with E-state index in [9.17, 15) is 13.6 Å². The summed E-state index contributed by atoms with van der Waals surface area (Å²) in [4.78, 5) is 16.3. The molecule has 0 saturated heterocycles. The summed E-state index contributed by atoms with van der Waals surface area (Å²) in [6, 6.07) is 8.40. The number of nitrogens with zero attached hydrogens (tertiary/aromatic N) is 3. The van der Waals surface area contributed by atoms with Gasteiger partial charge in [-0.15, -0.1) is 0 Å². The zero-order chi connectivity index (χ0) is 17.1. The molecule has 0 atom stereocenters. The lowest BCUT2D eigenvalue weighted by Gasteiger charge is -2.05. The van der Waals surface area contributed by atoms with Crippen molar-refractivity contribution >= 4 is 11.6 Å². The zero-order valence-electron chi connectivity index (χ0n) is 12.8. The molecule has 0 saturated carbocycles. The van der Waals surface area contributed by atoms with Gasteiger partial charge in [-0.05, 0) is 43.3 Å². The van der Waals surface area contributed by atoms with Gasteiger partial charge in [-0.25, -0.2) is 8.78 Å². The van der Waals surface area contributed by atoms with Gasteiger partial charge in [0.2, 0.25) is 0 Å². The molecular formula is C17H14F2N4O. The minimum atomic E-state index is -0.957. The van der Waals surface area contributed by atoms with Crippen molar-refractivity contribution in [1.29, 1.82) is 0 Å². The number of halogens is 2. The van der Waals surface area contributed by atoms with Crippen molar-refractivity contribution in [1.82, 2.24) is 14.8 Å². The lowest BCUT2D eigenvalue weighted by molar-refractivity contribution is 0.101. The first kappa shape index (κ1) is 15.8. The molecule has 0 fully saturated rings. The second-order valence-corrected chi connectivity index (χ2v) is 5.05. The van der Waals surface area contributed by atoms with Crippen LogP contribution >= 0.6 is 0 Å². The van der Waals surface area contributed by atoms with Gasteiger partial charge in [0.05, 0.1) is 5.69 Å². The number of rotatable bonds is 4. The molecule has 24 heavy (non-hydrogen) atoms. The van der Waals surface area contributed by atoms with Crippen molar-refractivity contribution in [2.45, 2.75) is 13.5 Å². The third kappa shape index (κ3) is 3.15. The summed E-state index contributed by atoms with van der Waals surface area (Å²) in [6.45, 7) is 2.30. The predicted molar refractivity (Wildman–Crippen MR) is 85.4 cm³/mol. The zero-order valence-corrected chi connectivity index (χ0v) is 12.8. The number of benzene rings is 1. The van der Waals surface area contributed by atoms with E-state index in [1.54, 1.807) is 30.6 Å². The Morgan fingerprint density at radius 2 is 1.88 bits per heavy atom. The van der Waals surface area contributed by atoms with E-state index in [2.05, 4.69) is 15.4 Å². The number of nitrogens with one attached hydrogen (secondary N) is 1. The lowest BCUT2D eigenvalue weighted by Crippen LogP contribution is -2.17. The van der Waals surface area contributed by atoms with Gasteiger partial charge in [0, 0.05) is 30.2 Å². The number of aryl methyl sites for hydroxylation is 1. The molecule has 3 rings (SSSR count). The number of hydrogen-bond donors (Lipinski definition) is 1. The highest BCUT2D eigenvalue weighted by atomic mass is 19.2. The second kappa shape index (κ2) is 6.57. The van der Waals surface area contributed by atoms with Crippen molar-refractivity contribution in [3.05, 3.63) is 66.1 Å². The molecule has 0 aliphatic rings. The fourth-order valence-corrected chi connectivity index (χ4v) is 2.27. The van der Waals surface area contributed by atoms with E-state index in [-0.39, 0.29) is 5.91 Å². The lowest BCUT2D eigenvalue weighted by atomic mass is 10.1. The molecule has 2 aromatic heterocycles. The average Bonchev–Trinajstić information content (AvgIpc) is 3.03. The summed E-state index contributed by atoms with van der Waals surface area (Å²) < 4.78 is 28.0. The van der Waals surface area contributed by atoms with Crippen LogP contribution in [0.25, 0.3) is 11.3 Å². The first-order valence-corrected chi connectivity index (χ1v) is 7.33. The Morgan fingerprint density at radius 3 is 2.54 bits per heavy atom. The maximum absolute atomic E-state index is 13.4. The molecule has 1 amide bonds. The molecule has 0 spiro atoms. The highest BCUT2D eigenvalue weighted by molar-refractivity contribution is 6.03. The minimum absolute atomic E-state index is 0.328. The Hall–Kier alpha value is -3.09. The molecule has 0 unspecified atom stereocenters. The molecular weight excluding hydrogens is 314 g/mol. The van der Waals surface area contributed by atoms with Gasteiger partial charge in [-0.1, -0.05) is 0 Å². The number of anilines is 1. The summed E-state index contributed by atoms with van der Waals surface area (Å²) in [6.07, 6.45) is 3.14. The van der Waals surface area contributed by atoms with Crippen LogP contribution in [0.1, 0.15) is 17.4 Å². The van der Waals surface area contributed by atoms with E-state index in [1.807, 2.05) is 6.92 Å². The van der Waals surface area contributed by atoms with E-state index in [0.29, 0.717) is 29.2 Å². The molecule has 1 aromatic carbocycles. The summed E-state index contributed by atoms with van der Waals surface area (Å²) in [7, 11) is 0. The van der Waals surface area contributed by atoms with Crippen molar-refractivity contribution < 1.29 is 13.6 Å². The normalized spacial score (nSPS) is 10.6. The molecule has 7 heteroatoms. The second-order valence-electron chi connectivity index (χ2n) is 5.05. The molecule has 1 N–H and O–H groups in total. The van der Waals surface area contributed by atoms with E-state index in [0.717, 1.165) is 12.1 Å². The van der Waals surface area contributed by atoms with Crippen LogP contribution in [0.15, 0.2) is 48.8 Å². The van der Waals surface area contributed by atoms with Crippen molar-refractivity contribution in [3.63, 3.8) is 0 Å². The molecule has 122 valence electrons. The predicted octanol–water partition coefficient (Wildman–Crippen LogP) is 3.50. The van der Waals surface area contributed by atoms with Gasteiger partial charge in [-0.3, -0.25) is 14.5 Å². The number of carbonyl (C=O) groups is 1. The first-order valence-electron chi connectivity index (χ1n) is 7.33. The van der Waals surface area contributed by atoms with Crippen LogP contribution in [-0.2, 0) is 6.54 Å². The van der Waals surface area contributed by atoms with Gasteiger partial charge in [0.15, 0.2) is 11.6 Å². The van der Waals surface area contributed by atoms with Crippen LogP contribution in [0, 0.1) is 11.6 Å². The van der Waals surface area contributed by atoms with E-state index >= 15 is 0 Å². The van der Waals surface area contributed by atoms with Gasteiger partial charge >= 0.3 is 0 Å². The highest BCUT2D eigenvalue weighted by Crippen LogP contribution is 2.22. The molecule has 0 aliphatic heterocycles. The molecule has 3 aromatic rings. The molecule has 2 heterocycles. The summed E-state index contributed by atoms with van der Waals surface area (Å²) >= 11 is 0. The summed E-state index contributed by atoms with van der Waals surface area (Å²) in [5, 5.41) is 7.03. The molecule has 0 aliphatic carbocycles. The number of aromatic nitrogens is 3. The average molecular weight is 328 g/mol. The van der Waals surface area contributed by atoms with Gasteiger partial charge in [0.25, 0.3) is 5.91 Å². The van der Waals surface area contributed by atoms with Crippen LogP contribution in [0.4, 0.5) is 14.5 Å². The number of pyridine rings is 1. The summed E-state index contributed by atoms with van der Waals surface area (Å²) in [5.74, 6) is -2.23. The minimum Gasteiger partial charge on any atom is -0.321 e. The third-order valence-electron chi connectivity index (χ3n) is 3.47. The largest absolute Gasteiger partial charge is 0.321 e. The van der Waals surface area contributed by atoms with Crippen LogP contribution in [0.3, 0.4) is 0 Å². The van der Waals surface area contributed by atoms with Crippen molar-refractivity contribution in [2.24, 2.45) is 0 Å². The van der Waals surface area contributed by atoms with Crippen LogP contribution in [0.2, 0.25) is 0 Å². The van der Waals surface area contributed by atoms with Crippen LogP contribution < -0.4 is 5.32 Å².